The number of hydrogen-bond acceptors (Lipinski definition) is 21. The van der Waals surface area contributed by atoms with Crippen molar-refractivity contribution in [1.29, 1.82) is 0 Å². The first-order chi connectivity index (χ1) is 19.4. The summed E-state index contributed by atoms with van der Waals surface area (Å²) >= 11 is 33.1. The second-order valence-corrected chi connectivity index (χ2v) is 6.65. The van der Waals surface area contributed by atoms with Crippen LogP contribution in [0.5, 0.6) is 0 Å². The molecule has 0 aliphatic carbocycles. The van der Waals surface area contributed by atoms with Crippen molar-refractivity contribution in [3.05, 3.63) is 0 Å². The molecule has 0 atom stereocenters. The van der Waals surface area contributed by atoms with E-state index in [9.17, 15) is 69.3 Å². The number of aliphatic carboxylic acids is 7. The van der Waals surface area contributed by atoms with Crippen LogP contribution in [0, 0.1) is 0 Å². The summed E-state index contributed by atoms with van der Waals surface area (Å²) < 4.78 is 0. The van der Waals surface area contributed by atoms with Crippen LogP contribution in [0.3, 0.4) is 0 Å². The predicted molar refractivity (Wildman–Crippen MR) is 138 cm³/mol. The maximum absolute atomic E-state index is 9.34. The smallest absolute Gasteiger partial charge is 0.549 e. The van der Waals surface area contributed by atoms with Gasteiger partial charge in [-0.25, -0.2) is 33.9 Å². The number of nitrogens with one attached hydrogen (secondary N) is 7. The number of carboxylic acid groups (broad SMARTS) is 7. The molecule has 7 N–H and O–H groups in total. The van der Waals surface area contributed by atoms with Gasteiger partial charge in [0.2, 0.25) is 0 Å². The Morgan fingerprint density at radius 3 is 0.386 bits per heavy atom. The molecule has 0 saturated heterocycles. The standard InChI is InChI=1S/7C2H4ClNO2.Al.Zr/c7*3-4-1-2(5)6;;/h7*4H,1H2,(H,5,6);;/q;;;;;;;+3;+4/p-7. The number of hydrogen-bond donors (Lipinski definition) is 7. The van der Waals surface area contributed by atoms with E-state index in [2.05, 4.69) is 0 Å². The van der Waals surface area contributed by atoms with Crippen molar-refractivity contribution in [2.45, 2.75) is 0 Å². The van der Waals surface area contributed by atoms with Crippen LogP contribution in [0.1, 0.15) is 0 Å². The van der Waals surface area contributed by atoms with Crippen LogP contribution >= 0.6 is 82.4 Å². The Morgan fingerprint density at radius 2 is 0.386 bits per heavy atom. The number of rotatable bonds is 14. The normalized spacial score (nSPS) is 7.80. The fraction of sp³-hybridized carbons (Fsp3) is 0.500. The van der Waals surface area contributed by atoms with Gasteiger partial charge in [0.25, 0.3) is 0 Å². The zero-order valence-electron chi connectivity index (χ0n) is 21.4. The van der Waals surface area contributed by atoms with Gasteiger partial charge < -0.3 is 69.3 Å². The fourth-order valence-corrected chi connectivity index (χ4v) is 1.15. The van der Waals surface area contributed by atoms with Gasteiger partial charge in [-0.05, 0) is 82.4 Å². The molecule has 0 rings (SSSR count). The number of carbonyl (C=O) groups is 7. The average molecular weight is 878 g/mol. The SMILES string of the molecule is O=C([O-])CNCl.O=C([O-])CNCl.O=C([O-])CNCl.O=C([O-])CNCl.O=C([O-])CNCl.O=C([O-])CNCl.O=C([O-])CNCl.[Al+3].[Zr+4]. The molecule has 21 nitrogen and oxygen atoms in total. The van der Waals surface area contributed by atoms with Crippen LogP contribution in [-0.4, -0.2) is 105 Å². The molecule has 0 aromatic carbocycles. The Hall–Kier alpha value is -0.544. The third-order valence-corrected chi connectivity index (χ3v) is 2.41. The zero-order valence-corrected chi connectivity index (χ0v) is 30.3. The van der Waals surface area contributed by atoms with Crippen LogP contribution in [0.15, 0.2) is 0 Å². The molecule has 0 saturated carbocycles. The van der Waals surface area contributed by atoms with Crippen LogP contribution in [0.2, 0.25) is 0 Å². The van der Waals surface area contributed by atoms with E-state index in [1.165, 1.54) is 0 Å². The van der Waals surface area contributed by atoms with Crippen molar-refractivity contribution in [2.24, 2.45) is 0 Å². The van der Waals surface area contributed by atoms with Gasteiger partial charge in [0.15, 0.2) is 0 Å². The zero-order chi connectivity index (χ0) is 34.9. The molecule has 252 valence electrons. The van der Waals surface area contributed by atoms with Crippen LogP contribution in [0.25, 0.3) is 0 Å². The van der Waals surface area contributed by atoms with Crippen LogP contribution < -0.4 is 69.6 Å². The maximum atomic E-state index is 9.34. The molecule has 44 heavy (non-hydrogen) atoms. The number of halogens is 7. The van der Waals surface area contributed by atoms with E-state index >= 15 is 0 Å². The molecule has 0 radical (unpaired) electrons. The Morgan fingerprint density at radius 1 is 0.318 bits per heavy atom. The molecule has 0 spiro atoms. The third kappa shape index (κ3) is 162. The summed E-state index contributed by atoms with van der Waals surface area (Å²) in [5.74, 6) is -8.43. The summed E-state index contributed by atoms with van der Waals surface area (Å²) in [7, 11) is 0. The van der Waals surface area contributed by atoms with Gasteiger partial charge in [-0.3, -0.25) is 0 Å². The van der Waals surface area contributed by atoms with Gasteiger partial charge in [-0.2, -0.15) is 0 Å². The van der Waals surface area contributed by atoms with Crippen molar-refractivity contribution >= 4 is 142 Å². The van der Waals surface area contributed by atoms with E-state index in [4.69, 9.17) is 82.4 Å². The summed E-state index contributed by atoms with van der Waals surface area (Å²) in [5, 5.41) is 65.4. The van der Waals surface area contributed by atoms with E-state index in [0.717, 1.165) is 0 Å². The summed E-state index contributed by atoms with van der Waals surface area (Å²) in [6.45, 7) is -2.13. The summed E-state index contributed by atoms with van der Waals surface area (Å²) in [6, 6.07) is 0. The monoisotopic (exact) mass is 873 g/mol. The van der Waals surface area contributed by atoms with Gasteiger partial charge in [0, 0.05) is 0 Å². The topological polar surface area (TPSA) is 365 Å². The first kappa shape index (κ1) is 66.0. The van der Waals surface area contributed by atoms with Crippen molar-refractivity contribution < 1.29 is 95.5 Å². The van der Waals surface area contributed by atoms with E-state index < -0.39 is 41.8 Å². The molecule has 0 amide bonds. The Kier molecular flexibility index (Phi) is 92.2. The molecule has 0 aliphatic rings. The largest absolute Gasteiger partial charge is 4.00 e. The van der Waals surface area contributed by atoms with Crippen molar-refractivity contribution in [3.8, 4) is 0 Å². The molecule has 0 fully saturated rings. The second kappa shape index (κ2) is 61.5. The van der Waals surface area contributed by atoms with Gasteiger partial charge in [0.05, 0.1) is 87.6 Å². The first-order valence-corrected chi connectivity index (χ1v) is 11.8. The molecule has 0 unspecified atom stereocenters. The summed E-state index contributed by atoms with van der Waals surface area (Å²) in [4.78, 5) is 78.5. The maximum Gasteiger partial charge on any atom is 4.00 e. The minimum absolute atomic E-state index is 0. The predicted octanol–water partition coefficient (Wildman–Crippen LogP) is -11.0. The molecule has 0 aliphatic heterocycles. The van der Waals surface area contributed by atoms with E-state index in [-0.39, 0.29) is 89.4 Å². The Labute approximate surface area is 314 Å². The summed E-state index contributed by atoms with van der Waals surface area (Å²) in [5.41, 5.74) is 0. The first-order valence-electron chi connectivity index (χ1n) is 9.13. The van der Waals surface area contributed by atoms with Gasteiger partial charge in [-0.1, -0.05) is 0 Å². The average Bonchev–Trinajstić information content (AvgIpc) is 2.81. The van der Waals surface area contributed by atoms with Gasteiger partial charge in [0.1, 0.15) is 0 Å². The summed E-state index contributed by atoms with van der Waals surface area (Å²) in [6.07, 6.45) is 0. The molecular weight excluding hydrogens is 857 g/mol. The minimum Gasteiger partial charge on any atom is -0.549 e. The van der Waals surface area contributed by atoms with Crippen molar-refractivity contribution in [3.63, 3.8) is 0 Å². The number of carboxylic acids is 7. The molecule has 30 heteroatoms. The van der Waals surface area contributed by atoms with Crippen molar-refractivity contribution in [1.82, 2.24) is 33.9 Å². The third-order valence-electron chi connectivity index (χ3n) is 1.48. The van der Waals surface area contributed by atoms with Crippen LogP contribution in [-0.2, 0) is 59.8 Å². The quantitative estimate of drug-likeness (QED) is 0.0629. The van der Waals surface area contributed by atoms with Gasteiger partial charge in [-0.15, -0.1) is 0 Å². The fourth-order valence-electron chi connectivity index (χ4n) is 0.382. The Bertz CT molecular complexity index is 560. The van der Waals surface area contributed by atoms with Gasteiger partial charge >= 0.3 is 43.6 Å². The molecule has 0 aromatic rings. The number of carbonyl (C=O) groups excluding carboxylic acids is 7. The van der Waals surface area contributed by atoms with Crippen molar-refractivity contribution in [2.75, 3.05) is 45.8 Å². The minimum atomic E-state index is -1.20. The van der Waals surface area contributed by atoms with E-state index in [1.54, 1.807) is 0 Å². The molecular formula is C14H21AlCl7N7O14Zr. The molecule has 0 heterocycles. The molecule has 0 bridgehead atoms. The molecule has 0 aromatic heterocycles. The van der Waals surface area contributed by atoms with E-state index in [0.29, 0.717) is 0 Å². The van der Waals surface area contributed by atoms with E-state index in [1.807, 2.05) is 33.9 Å². The van der Waals surface area contributed by atoms with Crippen LogP contribution in [0.4, 0.5) is 0 Å². The Balaban J connectivity index is -0.0000000461. The second-order valence-electron chi connectivity index (χ2n) is 4.78.